The second-order valence-electron chi connectivity index (χ2n) is 24.6. The molecule has 0 aromatic heterocycles. The van der Waals surface area contributed by atoms with Gasteiger partial charge in [0.05, 0.1) is 0 Å². The molecule has 0 spiro atoms. The first-order valence-electron chi connectivity index (χ1n) is 33.7. The molecule has 0 radical (unpaired) electrons. The van der Waals surface area contributed by atoms with Gasteiger partial charge < -0.3 is 20.4 Å². The van der Waals surface area contributed by atoms with Crippen molar-refractivity contribution in [1.82, 2.24) is 0 Å². The van der Waals surface area contributed by atoms with Gasteiger partial charge in [-0.15, -0.1) is 0 Å². The first kappa shape index (κ1) is 84.6. The molecule has 506 valence electrons. The summed E-state index contributed by atoms with van der Waals surface area (Å²) in [7, 11) is 39.1. The fourth-order valence-electron chi connectivity index (χ4n) is 13.2. The standard InChI is InChI=1S/C21H31NO.C19H27NO.C19H21NO.C14H19NO.8ClH.4Ti/c23-21-18(16-22-19-13-7-4-8-14-19)12-9-15-20(21)17-10-5-2-1-3-6-11-17;2*21-19-16(14-20-17-11-5-2-6-12-17)10-7-13-18(19)15-8-3-1-4-9-15;1-11-6-5-7-12(14(11)16)10-15-13-8-3-2-4-9-13;;;;;;;;;;;;/h9,12,15-17,19,23H,1-8,10-11,13-14H2;7,10,13-15,17,21H,1-6,8-9,11-12H2;1,3-4,7-10,13-14,17,21H,2,5-6,11-12H2;5-7,10,13,16H,2-4,8-9H2,1H3;8*1H;;;;/q;;;;;;;;;;;;4*+2/p-8. The number of aromatic hydroxyl groups is 4. The molecular formula is C73H98Cl8N4O4Ti4. The molecule has 6 aliphatic rings. The Balaban J connectivity index is 0.000000251. The van der Waals surface area contributed by atoms with Crippen molar-refractivity contribution in [3.05, 3.63) is 142 Å². The van der Waals surface area contributed by atoms with Crippen LogP contribution in [0.15, 0.2) is 123 Å². The first-order chi connectivity index (χ1) is 45.5. The molecule has 20 heteroatoms. The van der Waals surface area contributed by atoms with E-state index < -0.39 is 68.1 Å². The number of nitrogens with zero attached hydrogens (tertiary/aromatic N) is 4. The number of aliphatic imine (C=N–C) groups is 4. The van der Waals surface area contributed by atoms with Gasteiger partial charge in [0, 0.05) is 76.8 Å². The summed E-state index contributed by atoms with van der Waals surface area (Å²) in [6, 6.07) is 35.8. The summed E-state index contributed by atoms with van der Waals surface area (Å²) >= 11 is -2.22. The molecule has 0 atom stereocenters. The van der Waals surface area contributed by atoms with E-state index in [2.05, 4.69) is 34.3 Å². The van der Waals surface area contributed by atoms with Crippen LogP contribution < -0.4 is 0 Å². The predicted molar refractivity (Wildman–Crippen MR) is 388 cm³/mol. The van der Waals surface area contributed by atoms with E-state index in [-0.39, 0.29) is 0 Å². The zero-order valence-corrected chi connectivity index (χ0v) is 66.6. The number of halogens is 8. The van der Waals surface area contributed by atoms with Gasteiger partial charge in [0.1, 0.15) is 23.0 Å². The van der Waals surface area contributed by atoms with Crippen LogP contribution in [0.2, 0.25) is 0 Å². The maximum absolute atomic E-state index is 10.7. The Hall–Kier alpha value is -0.843. The molecule has 4 N–H and O–H groups in total. The molecule has 6 aliphatic carbocycles. The second-order valence-corrected chi connectivity index (χ2v) is 35.0. The Morgan fingerprint density at radius 3 is 0.892 bits per heavy atom. The molecule has 11 rings (SSSR count). The van der Waals surface area contributed by atoms with Gasteiger partial charge in [-0.05, 0) is 142 Å². The van der Waals surface area contributed by atoms with Gasteiger partial charge in [-0.3, -0.25) is 20.0 Å². The van der Waals surface area contributed by atoms with Crippen molar-refractivity contribution in [1.29, 1.82) is 0 Å². The summed E-state index contributed by atoms with van der Waals surface area (Å²) < 4.78 is 0. The second kappa shape index (κ2) is 54.0. The molecular weight excluding hydrogens is 1470 g/mol. The minimum atomic E-state index is -0.556. The molecule has 0 amide bonds. The third-order valence-electron chi connectivity index (χ3n) is 18.2. The quantitative estimate of drug-likeness (QED) is 0.0775. The molecule has 0 aliphatic heterocycles. The number of phenolic OH excluding ortho intramolecular Hbond substituents is 4. The summed E-state index contributed by atoms with van der Waals surface area (Å²) in [6.07, 6.45) is 48.3. The SMILES string of the molecule is Cc1cccc(C=NC2CCCCC2)c1O.Oc1c(C=NC2CCCCC2)cccc1-c1ccccc1.Oc1c(C=NC2CCCCC2)cccc1C1CCCCC1.Oc1c(C=NC2CCCCC2)cccc1C1CCCCCCC1.[Cl][Ti][Cl].[Cl][Ti][Cl].[Cl][Ti][Cl].[Cl][Ti][Cl]. The van der Waals surface area contributed by atoms with E-state index >= 15 is 0 Å². The van der Waals surface area contributed by atoms with E-state index in [0.29, 0.717) is 59.0 Å². The fourth-order valence-corrected chi connectivity index (χ4v) is 13.2. The van der Waals surface area contributed by atoms with Crippen molar-refractivity contribution >= 4 is 99.3 Å². The molecule has 0 saturated heterocycles. The Morgan fingerprint density at radius 2 is 0.559 bits per heavy atom. The summed E-state index contributed by atoms with van der Waals surface area (Å²) in [4.78, 5) is 18.7. The molecule has 93 heavy (non-hydrogen) atoms. The molecule has 6 saturated carbocycles. The van der Waals surface area contributed by atoms with Gasteiger partial charge in [-0.25, -0.2) is 0 Å². The van der Waals surface area contributed by atoms with Crippen molar-refractivity contribution in [2.75, 3.05) is 0 Å². The molecule has 6 fully saturated rings. The van der Waals surface area contributed by atoms with E-state index in [0.717, 1.165) is 50.1 Å². The van der Waals surface area contributed by atoms with Crippen molar-refractivity contribution in [3.63, 3.8) is 0 Å². The van der Waals surface area contributed by atoms with E-state index in [1.165, 1.54) is 205 Å². The van der Waals surface area contributed by atoms with Gasteiger partial charge in [-0.2, -0.15) is 0 Å². The van der Waals surface area contributed by atoms with E-state index in [1.54, 1.807) is 0 Å². The molecule has 0 heterocycles. The number of rotatable bonds is 11. The van der Waals surface area contributed by atoms with Crippen LogP contribution in [0.1, 0.15) is 256 Å². The van der Waals surface area contributed by atoms with Crippen LogP contribution >= 0.6 is 74.4 Å². The maximum atomic E-state index is 10.7. The normalized spacial score (nSPS) is 17.8. The number of benzene rings is 5. The van der Waals surface area contributed by atoms with Gasteiger partial charge >= 0.3 is 143 Å². The van der Waals surface area contributed by atoms with Crippen molar-refractivity contribution < 1.29 is 88.6 Å². The van der Waals surface area contributed by atoms with Gasteiger partial charge in [0.2, 0.25) is 0 Å². The fraction of sp³-hybridized carbons (Fsp3) is 0.534. The number of aryl methyl sites for hydroxylation is 1. The third kappa shape index (κ3) is 34.4. The molecule has 0 unspecified atom stereocenters. The van der Waals surface area contributed by atoms with Crippen LogP contribution in [0.4, 0.5) is 0 Å². The first-order valence-corrected chi connectivity index (χ1v) is 50.9. The molecule has 8 nitrogen and oxygen atoms in total. The van der Waals surface area contributed by atoms with Crippen LogP contribution in [0.3, 0.4) is 0 Å². The van der Waals surface area contributed by atoms with E-state index in [4.69, 9.17) is 84.4 Å². The predicted octanol–water partition coefficient (Wildman–Crippen LogP) is 24.9. The Kier molecular flexibility index (Phi) is 49.1. The van der Waals surface area contributed by atoms with Gasteiger partial charge in [0.15, 0.2) is 0 Å². The molecule has 5 aromatic rings. The molecule has 5 aromatic carbocycles. The van der Waals surface area contributed by atoms with E-state index in [1.807, 2.05) is 111 Å². The zero-order valence-electron chi connectivity index (χ0n) is 54.3. The summed E-state index contributed by atoms with van der Waals surface area (Å²) in [5.74, 6) is 2.71. The van der Waals surface area contributed by atoms with Crippen LogP contribution in [0.25, 0.3) is 11.1 Å². The number of para-hydroxylation sites is 4. The van der Waals surface area contributed by atoms with Crippen LogP contribution in [-0.4, -0.2) is 69.5 Å². The van der Waals surface area contributed by atoms with Crippen LogP contribution in [0, 0.1) is 6.92 Å². The summed E-state index contributed by atoms with van der Waals surface area (Å²) in [5.41, 5.74) is 8.56. The number of phenols is 4. The van der Waals surface area contributed by atoms with E-state index in [9.17, 15) is 20.4 Å². The van der Waals surface area contributed by atoms with Gasteiger partial charge in [-0.1, -0.05) is 207 Å². The van der Waals surface area contributed by atoms with Crippen molar-refractivity contribution in [2.45, 2.75) is 248 Å². The Labute approximate surface area is 625 Å². The van der Waals surface area contributed by atoms with Crippen LogP contribution in [-0.2, 0) is 68.1 Å². The van der Waals surface area contributed by atoms with Crippen molar-refractivity contribution in [2.24, 2.45) is 20.0 Å². The summed E-state index contributed by atoms with van der Waals surface area (Å²) in [5, 5.41) is 41.6. The Bertz CT molecular complexity index is 2850. The summed E-state index contributed by atoms with van der Waals surface area (Å²) in [6.45, 7) is 1.91. The third-order valence-corrected chi connectivity index (χ3v) is 18.2. The van der Waals surface area contributed by atoms with Crippen molar-refractivity contribution in [3.8, 4) is 34.1 Å². The minimum absolute atomic E-state index is 0.322. The average molecular weight is 1570 g/mol. The topological polar surface area (TPSA) is 130 Å². The van der Waals surface area contributed by atoms with Crippen LogP contribution in [0.5, 0.6) is 23.0 Å². The number of hydrogen-bond acceptors (Lipinski definition) is 8. The zero-order chi connectivity index (χ0) is 67.1. The molecule has 0 bridgehead atoms. The van der Waals surface area contributed by atoms with Gasteiger partial charge in [0.25, 0.3) is 0 Å². The monoisotopic (exact) mass is 1570 g/mol. The Morgan fingerprint density at radius 1 is 0.301 bits per heavy atom. The number of hydrogen-bond donors (Lipinski definition) is 4. The average Bonchev–Trinajstić information content (AvgIpc) is 1.57.